The first kappa shape index (κ1) is 17.7. The molecule has 1 aromatic heterocycles. The number of anilines is 1. The van der Waals surface area contributed by atoms with E-state index in [2.05, 4.69) is 4.98 Å². The molecule has 0 spiro atoms. The van der Waals surface area contributed by atoms with E-state index in [1.54, 1.807) is 30.5 Å². The Morgan fingerprint density at radius 1 is 1.26 bits per heavy atom. The number of aliphatic hydroxyl groups is 1. The maximum Gasteiger partial charge on any atom is 0.264 e. The summed E-state index contributed by atoms with van der Waals surface area (Å²) in [5.74, 6) is -1.23. The summed E-state index contributed by atoms with van der Waals surface area (Å²) in [5, 5.41) is 11.2. The van der Waals surface area contributed by atoms with Gasteiger partial charge in [0, 0.05) is 43.0 Å². The van der Waals surface area contributed by atoms with Crippen molar-refractivity contribution in [3.8, 4) is 0 Å². The molecule has 2 aromatic rings. The molecule has 0 fully saturated rings. The van der Waals surface area contributed by atoms with Gasteiger partial charge in [-0.05, 0) is 36.8 Å². The van der Waals surface area contributed by atoms with Gasteiger partial charge in [0.05, 0.1) is 6.61 Å². The molecule has 0 aliphatic rings. The number of benzene rings is 1. The zero-order valence-corrected chi connectivity index (χ0v) is 14.6. The summed E-state index contributed by atoms with van der Waals surface area (Å²) in [5.41, 5.74) is 1.48. The third-order valence-corrected chi connectivity index (χ3v) is 6.04. The number of rotatable bonds is 7. The van der Waals surface area contributed by atoms with Crippen LogP contribution in [0.1, 0.15) is 24.8 Å². The van der Waals surface area contributed by atoms with Crippen LogP contribution in [0.15, 0.2) is 48.8 Å². The first-order chi connectivity index (χ1) is 11.0. The highest BCUT2D eigenvalue weighted by atomic mass is 31.2. The molecule has 124 valence electrons. The van der Waals surface area contributed by atoms with Gasteiger partial charge in [0.1, 0.15) is 0 Å². The average molecular weight is 334 g/mol. The highest BCUT2D eigenvalue weighted by Gasteiger charge is 2.36. The van der Waals surface area contributed by atoms with Gasteiger partial charge in [0.15, 0.2) is 5.85 Å². The highest BCUT2D eigenvalue weighted by Crippen LogP contribution is 2.57. The molecule has 0 radical (unpaired) electrons. The lowest BCUT2D eigenvalue weighted by Crippen LogP contribution is -2.16. The van der Waals surface area contributed by atoms with Crippen LogP contribution in [0, 0.1) is 0 Å². The van der Waals surface area contributed by atoms with Crippen molar-refractivity contribution in [2.75, 3.05) is 25.6 Å². The largest absolute Gasteiger partial charge is 0.378 e. The molecular weight excluding hydrogens is 311 g/mol. The molecular formula is C17H23N2O3P. The Balaban J connectivity index is 2.40. The molecule has 5 nitrogen and oxygen atoms in total. The molecule has 0 saturated carbocycles. The first-order valence-corrected chi connectivity index (χ1v) is 9.28. The number of aliphatic hydroxyl groups excluding tert-OH is 1. The maximum atomic E-state index is 13.4. The van der Waals surface area contributed by atoms with Crippen LogP contribution < -0.4 is 10.2 Å². The van der Waals surface area contributed by atoms with E-state index in [0.717, 1.165) is 12.1 Å². The van der Waals surface area contributed by atoms with E-state index in [1.807, 2.05) is 38.1 Å². The molecule has 0 aliphatic heterocycles. The van der Waals surface area contributed by atoms with Crippen molar-refractivity contribution in [3.63, 3.8) is 0 Å². The molecule has 0 unspecified atom stereocenters. The summed E-state index contributed by atoms with van der Waals surface area (Å²) in [6.07, 6.45) is 3.85. The van der Waals surface area contributed by atoms with Gasteiger partial charge in [-0.2, -0.15) is 0 Å². The van der Waals surface area contributed by atoms with E-state index in [4.69, 9.17) is 4.52 Å². The van der Waals surface area contributed by atoms with Crippen LogP contribution >= 0.6 is 7.37 Å². The molecule has 0 saturated heterocycles. The minimum absolute atomic E-state index is 0.323. The zero-order valence-electron chi connectivity index (χ0n) is 13.7. The van der Waals surface area contributed by atoms with Crippen molar-refractivity contribution in [3.05, 3.63) is 54.4 Å². The predicted octanol–water partition coefficient (Wildman–Crippen LogP) is 3.17. The summed E-state index contributed by atoms with van der Waals surface area (Å²) in [4.78, 5) is 5.94. The van der Waals surface area contributed by atoms with E-state index in [-0.39, 0.29) is 0 Å². The molecule has 2 rings (SSSR count). The SMILES string of the molecule is CCCO[P@](=O)(c1ccc(N(C)C)cc1)[C@@H](O)c1cccnc1. The molecule has 6 heteroatoms. The van der Waals surface area contributed by atoms with Gasteiger partial charge in [0.2, 0.25) is 0 Å². The van der Waals surface area contributed by atoms with E-state index in [1.165, 1.54) is 6.20 Å². The molecule has 1 heterocycles. The third-order valence-electron chi connectivity index (χ3n) is 3.52. The summed E-state index contributed by atoms with van der Waals surface area (Å²) in [6.45, 7) is 2.26. The van der Waals surface area contributed by atoms with Crippen molar-refractivity contribution >= 4 is 18.4 Å². The lowest BCUT2D eigenvalue weighted by Gasteiger charge is -2.24. The predicted molar refractivity (Wildman–Crippen MR) is 93.4 cm³/mol. The quantitative estimate of drug-likeness (QED) is 0.788. The zero-order chi connectivity index (χ0) is 16.9. The van der Waals surface area contributed by atoms with Crippen LogP contribution in [0.5, 0.6) is 0 Å². The number of aromatic nitrogens is 1. The Kier molecular flexibility index (Phi) is 5.94. The van der Waals surface area contributed by atoms with Gasteiger partial charge in [-0.3, -0.25) is 9.55 Å². The van der Waals surface area contributed by atoms with Crippen LogP contribution in [-0.2, 0) is 9.09 Å². The minimum Gasteiger partial charge on any atom is -0.378 e. The lowest BCUT2D eigenvalue weighted by atomic mass is 10.3. The fourth-order valence-electron chi connectivity index (χ4n) is 2.20. The summed E-state index contributed by atoms with van der Waals surface area (Å²) in [6, 6.07) is 10.7. The average Bonchev–Trinajstić information content (AvgIpc) is 2.59. The number of pyridine rings is 1. The second kappa shape index (κ2) is 7.73. The van der Waals surface area contributed by atoms with Gasteiger partial charge >= 0.3 is 0 Å². The van der Waals surface area contributed by atoms with Crippen molar-refractivity contribution < 1.29 is 14.2 Å². The van der Waals surface area contributed by atoms with Crippen molar-refractivity contribution in [1.82, 2.24) is 4.98 Å². The van der Waals surface area contributed by atoms with Gasteiger partial charge < -0.3 is 14.5 Å². The Morgan fingerprint density at radius 3 is 2.48 bits per heavy atom. The van der Waals surface area contributed by atoms with Gasteiger partial charge in [-0.1, -0.05) is 13.0 Å². The van der Waals surface area contributed by atoms with Gasteiger partial charge in [-0.25, -0.2) is 0 Å². The molecule has 0 aliphatic carbocycles. The minimum atomic E-state index is -3.45. The second-order valence-electron chi connectivity index (χ2n) is 5.50. The van der Waals surface area contributed by atoms with E-state index in [0.29, 0.717) is 17.5 Å². The Morgan fingerprint density at radius 2 is 1.96 bits per heavy atom. The third kappa shape index (κ3) is 3.99. The smallest absolute Gasteiger partial charge is 0.264 e. The van der Waals surface area contributed by atoms with E-state index in [9.17, 15) is 9.67 Å². The lowest BCUT2D eigenvalue weighted by molar-refractivity contribution is 0.214. The summed E-state index contributed by atoms with van der Waals surface area (Å²) in [7, 11) is 0.420. The maximum absolute atomic E-state index is 13.4. The molecule has 0 amide bonds. The topological polar surface area (TPSA) is 62.7 Å². The highest BCUT2D eigenvalue weighted by molar-refractivity contribution is 7.67. The number of hydrogen-bond acceptors (Lipinski definition) is 5. The number of nitrogens with zero attached hydrogens (tertiary/aromatic N) is 2. The van der Waals surface area contributed by atoms with E-state index >= 15 is 0 Å². The van der Waals surface area contributed by atoms with Crippen LogP contribution in [0.4, 0.5) is 5.69 Å². The van der Waals surface area contributed by atoms with Crippen LogP contribution in [0.3, 0.4) is 0 Å². The normalized spacial score (nSPS) is 15.0. The Bertz CT molecular complexity index is 659. The molecule has 0 bridgehead atoms. The van der Waals surface area contributed by atoms with E-state index < -0.39 is 13.2 Å². The van der Waals surface area contributed by atoms with Crippen molar-refractivity contribution in [1.29, 1.82) is 0 Å². The number of hydrogen-bond donors (Lipinski definition) is 1. The fourth-order valence-corrected chi connectivity index (χ4v) is 4.33. The van der Waals surface area contributed by atoms with Gasteiger partial charge in [0.25, 0.3) is 7.37 Å². The molecule has 2 atom stereocenters. The second-order valence-corrected chi connectivity index (χ2v) is 7.96. The molecule has 1 N–H and O–H groups in total. The van der Waals surface area contributed by atoms with Crippen LogP contribution in [0.25, 0.3) is 0 Å². The standard InChI is InChI=1S/C17H23N2O3P/c1-4-12-22-23(21,17(20)14-6-5-11-18-13-14)16-9-7-15(8-10-16)19(2)3/h5-11,13,17,20H,4,12H2,1-3H3/t17-,23-/m1/s1. The first-order valence-electron chi connectivity index (χ1n) is 7.59. The van der Waals surface area contributed by atoms with Crippen LogP contribution in [0.2, 0.25) is 0 Å². The fraction of sp³-hybridized carbons (Fsp3) is 0.353. The van der Waals surface area contributed by atoms with Gasteiger partial charge in [-0.15, -0.1) is 0 Å². The monoisotopic (exact) mass is 334 g/mol. The summed E-state index contributed by atoms with van der Waals surface area (Å²) < 4.78 is 19.1. The Hall–Kier alpha value is -1.68. The van der Waals surface area contributed by atoms with Crippen LogP contribution in [-0.4, -0.2) is 30.8 Å². The summed E-state index contributed by atoms with van der Waals surface area (Å²) >= 11 is 0. The molecule has 23 heavy (non-hydrogen) atoms. The van der Waals surface area contributed by atoms with Crippen molar-refractivity contribution in [2.24, 2.45) is 0 Å². The van der Waals surface area contributed by atoms with Crippen molar-refractivity contribution in [2.45, 2.75) is 19.2 Å². The Labute approximate surface area is 137 Å². The molecule has 1 aromatic carbocycles.